The van der Waals surface area contributed by atoms with Crippen LogP contribution in [0.25, 0.3) is 0 Å². The van der Waals surface area contributed by atoms with E-state index in [9.17, 15) is 0 Å². The lowest BCUT2D eigenvalue weighted by Gasteiger charge is -2.33. The Bertz CT molecular complexity index is 253. The average molecular weight is 379 g/mol. The minimum atomic E-state index is 0.550. The first-order chi connectivity index (χ1) is 11.1. The van der Waals surface area contributed by atoms with Gasteiger partial charge in [0, 0.05) is 17.3 Å². The Labute approximate surface area is 160 Å². The van der Waals surface area contributed by atoms with Gasteiger partial charge in [-0.1, -0.05) is 60.8 Å². The summed E-state index contributed by atoms with van der Waals surface area (Å²) >= 11 is 6.65. The van der Waals surface area contributed by atoms with Gasteiger partial charge in [0.05, 0.1) is 0 Å². The van der Waals surface area contributed by atoms with Crippen molar-refractivity contribution in [1.82, 2.24) is 0 Å². The lowest BCUT2D eigenvalue weighted by molar-refractivity contribution is 0.426. The second kappa shape index (κ2) is 15.3. The smallest absolute Gasteiger partial charge is 0.000502 e. The molecule has 0 aliphatic rings. The molecule has 2 unspecified atom stereocenters. The standard InChI is InChI=1S/C20H42S3/c1-7-12-21-15-20(11-5,16-22-13-18(6)8-2)17-23-14-19(9-3)10-4/h18-19H,7-17H2,1-6H3. The van der Waals surface area contributed by atoms with Crippen LogP contribution >= 0.6 is 35.3 Å². The van der Waals surface area contributed by atoms with Crippen LogP contribution in [0.1, 0.15) is 73.6 Å². The Kier molecular flexibility index (Phi) is 16.0. The van der Waals surface area contributed by atoms with E-state index in [2.05, 4.69) is 76.8 Å². The Morgan fingerprint density at radius 3 is 1.78 bits per heavy atom. The number of thioether (sulfide) groups is 3. The van der Waals surface area contributed by atoms with Crippen molar-refractivity contribution >= 4 is 35.3 Å². The largest absolute Gasteiger partial charge is 0.161 e. The third-order valence-electron chi connectivity index (χ3n) is 4.93. The second-order valence-corrected chi connectivity index (χ2v) is 10.3. The van der Waals surface area contributed by atoms with Crippen molar-refractivity contribution in [1.29, 1.82) is 0 Å². The minimum Gasteiger partial charge on any atom is -0.161 e. The van der Waals surface area contributed by atoms with E-state index in [0.717, 1.165) is 11.8 Å². The molecule has 3 heteroatoms. The van der Waals surface area contributed by atoms with Crippen LogP contribution in [0.15, 0.2) is 0 Å². The molecule has 0 spiro atoms. The predicted octanol–water partition coefficient (Wildman–Crippen LogP) is 7.47. The van der Waals surface area contributed by atoms with Crippen LogP contribution < -0.4 is 0 Å². The average Bonchev–Trinajstić information content (AvgIpc) is 2.58. The number of rotatable bonds is 16. The maximum Gasteiger partial charge on any atom is 0.000502 e. The number of hydrogen-bond donors (Lipinski definition) is 0. The molecule has 0 aromatic carbocycles. The molecule has 0 fully saturated rings. The molecular weight excluding hydrogens is 336 g/mol. The molecule has 0 bridgehead atoms. The molecule has 0 aliphatic carbocycles. The van der Waals surface area contributed by atoms with Crippen molar-refractivity contribution in [3.8, 4) is 0 Å². The minimum absolute atomic E-state index is 0.550. The molecule has 0 nitrogen and oxygen atoms in total. The van der Waals surface area contributed by atoms with Crippen LogP contribution in [-0.2, 0) is 0 Å². The summed E-state index contributed by atoms with van der Waals surface area (Å²) in [6.07, 6.45) is 6.66. The van der Waals surface area contributed by atoms with Crippen LogP contribution in [0.2, 0.25) is 0 Å². The summed E-state index contributed by atoms with van der Waals surface area (Å²) in [6.45, 7) is 14.1. The molecule has 0 saturated carbocycles. The van der Waals surface area contributed by atoms with E-state index >= 15 is 0 Å². The molecule has 140 valence electrons. The lowest BCUT2D eigenvalue weighted by atomic mass is 9.92. The van der Waals surface area contributed by atoms with E-state index in [-0.39, 0.29) is 0 Å². The van der Waals surface area contributed by atoms with Crippen LogP contribution in [0.4, 0.5) is 0 Å². The van der Waals surface area contributed by atoms with Crippen molar-refractivity contribution in [2.24, 2.45) is 17.3 Å². The SMILES string of the molecule is CCCSCC(CC)(CSCC(C)CC)CSCC(CC)CC. The highest BCUT2D eigenvalue weighted by molar-refractivity contribution is 8.01. The van der Waals surface area contributed by atoms with Gasteiger partial charge in [0.2, 0.25) is 0 Å². The first-order valence-electron chi connectivity index (χ1n) is 9.80. The second-order valence-electron chi connectivity index (χ2n) is 7.13. The highest BCUT2D eigenvalue weighted by atomic mass is 32.2. The summed E-state index contributed by atoms with van der Waals surface area (Å²) in [5.74, 6) is 9.91. The van der Waals surface area contributed by atoms with E-state index in [0.29, 0.717) is 5.41 Å². The first-order valence-corrected chi connectivity index (χ1v) is 13.3. The Morgan fingerprint density at radius 2 is 1.30 bits per heavy atom. The molecule has 0 rings (SSSR count). The normalized spacial score (nSPS) is 15.8. The van der Waals surface area contributed by atoms with E-state index < -0.39 is 0 Å². The molecular formula is C20H42S3. The summed E-state index contributed by atoms with van der Waals surface area (Å²) in [5, 5.41) is 0. The molecule has 0 saturated heterocycles. The van der Waals surface area contributed by atoms with Gasteiger partial charge in [0.1, 0.15) is 0 Å². The van der Waals surface area contributed by atoms with Gasteiger partial charge < -0.3 is 0 Å². The van der Waals surface area contributed by atoms with Gasteiger partial charge in [-0.25, -0.2) is 0 Å². The zero-order chi connectivity index (χ0) is 17.6. The van der Waals surface area contributed by atoms with Gasteiger partial charge in [-0.15, -0.1) is 0 Å². The first kappa shape index (κ1) is 24.1. The highest BCUT2D eigenvalue weighted by Crippen LogP contribution is 2.36. The lowest BCUT2D eigenvalue weighted by Crippen LogP contribution is -2.30. The van der Waals surface area contributed by atoms with Gasteiger partial charge in [0.15, 0.2) is 0 Å². The molecule has 0 radical (unpaired) electrons. The molecule has 23 heavy (non-hydrogen) atoms. The Balaban J connectivity index is 4.48. The third kappa shape index (κ3) is 11.3. The highest BCUT2D eigenvalue weighted by Gasteiger charge is 2.28. The molecule has 0 heterocycles. The molecule has 0 amide bonds. The maximum absolute atomic E-state index is 2.42. The van der Waals surface area contributed by atoms with Crippen LogP contribution in [0, 0.1) is 17.3 Å². The van der Waals surface area contributed by atoms with Crippen molar-refractivity contribution in [2.45, 2.75) is 73.6 Å². The Morgan fingerprint density at radius 1 is 0.739 bits per heavy atom. The predicted molar refractivity (Wildman–Crippen MR) is 119 cm³/mol. The summed E-state index contributed by atoms with van der Waals surface area (Å²) in [5.41, 5.74) is 0.550. The topological polar surface area (TPSA) is 0 Å². The van der Waals surface area contributed by atoms with Gasteiger partial charge >= 0.3 is 0 Å². The van der Waals surface area contributed by atoms with E-state index in [1.54, 1.807) is 0 Å². The maximum atomic E-state index is 2.42. The van der Waals surface area contributed by atoms with E-state index in [4.69, 9.17) is 0 Å². The van der Waals surface area contributed by atoms with Gasteiger partial charge in [-0.3, -0.25) is 0 Å². The van der Waals surface area contributed by atoms with Gasteiger partial charge in [0.25, 0.3) is 0 Å². The monoisotopic (exact) mass is 378 g/mol. The fourth-order valence-corrected chi connectivity index (χ4v) is 7.45. The molecule has 0 aromatic heterocycles. The van der Waals surface area contributed by atoms with Crippen LogP contribution in [-0.4, -0.2) is 34.5 Å². The van der Waals surface area contributed by atoms with Crippen molar-refractivity contribution in [3.05, 3.63) is 0 Å². The summed E-state index contributed by atoms with van der Waals surface area (Å²) in [6, 6.07) is 0. The Hall–Kier alpha value is 1.05. The molecule has 0 aromatic rings. The summed E-state index contributed by atoms with van der Waals surface area (Å²) in [7, 11) is 0. The fraction of sp³-hybridized carbons (Fsp3) is 1.00. The molecule has 0 aliphatic heterocycles. The summed E-state index contributed by atoms with van der Waals surface area (Å²) in [4.78, 5) is 0. The summed E-state index contributed by atoms with van der Waals surface area (Å²) < 4.78 is 0. The van der Waals surface area contributed by atoms with E-state index in [1.165, 1.54) is 66.6 Å². The number of hydrogen-bond acceptors (Lipinski definition) is 3. The zero-order valence-corrected chi connectivity index (χ0v) is 19.1. The van der Waals surface area contributed by atoms with Crippen molar-refractivity contribution in [3.63, 3.8) is 0 Å². The van der Waals surface area contributed by atoms with Crippen molar-refractivity contribution < 1.29 is 0 Å². The van der Waals surface area contributed by atoms with Crippen LogP contribution in [0.5, 0.6) is 0 Å². The fourth-order valence-electron chi connectivity index (χ4n) is 2.43. The molecule has 2 atom stereocenters. The van der Waals surface area contributed by atoms with Crippen LogP contribution in [0.3, 0.4) is 0 Å². The van der Waals surface area contributed by atoms with E-state index in [1.807, 2.05) is 0 Å². The van der Waals surface area contributed by atoms with Gasteiger partial charge in [-0.05, 0) is 47.4 Å². The zero-order valence-electron chi connectivity index (χ0n) is 16.7. The quantitative estimate of drug-likeness (QED) is 0.255. The van der Waals surface area contributed by atoms with Gasteiger partial charge in [-0.2, -0.15) is 35.3 Å². The third-order valence-corrected chi connectivity index (χ3v) is 9.59. The molecule has 0 N–H and O–H groups in total. The van der Waals surface area contributed by atoms with Crippen molar-refractivity contribution in [2.75, 3.05) is 34.5 Å².